The lowest BCUT2D eigenvalue weighted by Crippen LogP contribution is -2.49. The van der Waals surface area contributed by atoms with Crippen LogP contribution >= 0.6 is 0 Å². The maximum absolute atomic E-state index is 14.0. The molecule has 5 heteroatoms. The third kappa shape index (κ3) is 3.18. The van der Waals surface area contributed by atoms with Gasteiger partial charge in [0.1, 0.15) is 12.6 Å². The molecule has 0 unspecified atom stereocenters. The van der Waals surface area contributed by atoms with Gasteiger partial charge >= 0.3 is 5.97 Å². The second-order valence-electron chi connectivity index (χ2n) is 10.1. The van der Waals surface area contributed by atoms with Gasteiger partial charge in [-0.15, -0.1) is 0 Å². The van der Waals surface area contributed by atoms with E-state index < -0.39 is 23.8 Å². The molecular weight excluding hydrogens is 438 g/mol. The Hall–Kier alpha value is -3.73. The molecule has 3 aromatic rings. The molecule has 3 aliphatic carbocycles. The molecule has 5 nitrogen and oxygen atoms in total. The topological polar surface area (TPSA) is 63.7 Å². The molecular formula is C30H27NO4. The molecule has 1 fully saturated rings. The van der Waals surface area contributed by atoms with E-state index in [1.54, 1.807) is 0 Å². The highest BCUT2D eigenvalue weighted by Crippen LogP contribution is 2.61. The van der Waals surface area contributed by atoms with E-state index in [0.29, 0.717) is 0 Å². The van der Waals surface area contributed by atoms with Crippen molar-refractivity contribution in [2.45, 2.75) is 38.3 Å². The summed E-state index contributed by atoms with van der Waals surface area (Å²) in [6.45, 7) is 3.82. The summed E-state index contributed by atoms with van der Waals surface area (Å²) in [6.07, 6.45) is 0. The predicted molar refractivity (Wildman–Crippen MR) is 130 cm³/mol. The van der Waals surface area contributed by atoms with Crippen molar-refractivity contribution in [1.29, 1.82) is 0 Å². The van der Waals surface area contributed by atoms with Gasteiger partial charge in [-0.3, -0.25) is 14.5 Å². The van der Waals surface area contributed by atoms with Crippen molar-refractivity contribution in [3.63, 3.8) is 0 Å². The number of nitrogens with zero attached hydrogens (tertiary/aromatic N) is 1. The van der Waals surface area contributed by atoms with Crippen LogP contribution in [0.15, 0.2) is 78.9 Å². The molecule has 0 spiro atoms. The van der Waals surface area contributed by atoms with E-state index in [2.05, 4.69) is 24.3 Å². The Labute approximate surface area is 204 Å². The fraction of sp³-hybridized carbons (Fsp3) is 0.300. The third-order valence-corrected chi connectivity index (χ3v) is 7.86. The minimum absolute atomic E-state index is 0.105. The largest absolute Gasteiger partial charge is 0.459 e. The number of hydrogen-bond donors (Lipinski definition) is 0. The standard InChI is InChI=1S/C30H27NO4/c1-17(2)27(30(34)35-16-18-10-4-3-5-11-18)31-28(32)25-23-19-12-6-7-13-20(19)24(26(25)29(31)33)22-15-9-8-14-21(22)23/h3-15,17,23-27H,16H2,1-2H3/t23?,24?,25-,26-,27+/m0/s1. The summed E-state index contributed by atoms with van der Waals surface area (Å²) in [4.78, 5) is 42.5. The summed E-state index contributed by atoms with van der Waals surface area (Å²) in [7, 11) is 0. The number of amides is 2. The number of carbonyl (C=O) groups excluding carboxylic acids is 3. The molecule has 2 amide bonds. The van der Waals surface area contributed by atoms with E-state index in [-0.39, 0.29) is 36.2 Å². The molecule has 7 rings (SSSR count). The molecule has 3 atom stereocenters. The molecule has 35 heavy (non-hydrogen) atoms. The van der Waals surface area contributed by atoms with Gasteiger partial charge in [0.15, 0.2) is 0 Å². The van der Waals surface area contributed by atoms with E-state index >= 15 is 0 Å². The van der Waals surface area contributed by atoms with Gasteiger partial charge in [0.25, 0.3) is 0 Å². The molecule has 176 valence electrons. The zero-order valence-electron chi connectivity index (χ0n) is 19.8. The first-order chi connectivity index (χ1) is 17.0. The minimum Gasteiger partial charge on any atom is -0.459 e. The summed E-state index contributed by atoms with van der Waals surface area (Å²) in [5, 5.41) is 0. The van der Waals surface area contributed by atoms with Gasteiger partial charge in [0.05, 0.1) is 11.8 Å². The van der Waals surface area contributed by atoms with Gasteiger partial charge in [-0.25, -0.2) is 4.79 Å². The van der Waals surface area contributed by atoms with Gasteiger partial charge in [-0.2, -0.15) is 0 Å². The van der Waals surface area contributed by atoms with Crippen molar-refractivity contribution in [3.05, 3.63) is 107 Å². The van der Waals surface area contributed by atoms with Crippen molar-refractivity contribution in [3.8, 4) is 0 Å². The van der Waals surface area contributed by atoms with Crippen LogP contribution in [0.25, 0.3) is 0 Å². The first kappa shape index (κ1) is 21.8. The van der Waals surface area contributed by atoms with Crippen LogP contribution in [-0.2, 0) is 25.7 Å². The highest BCUT2D eigenvalue weighted by atomic mass is 16.5. The Kier molecular flexibility index (Phi) is 5.10. The quantitative estimate of drug-likeness (QED) is 0.407. The number of hydrogen-bond acceptors (Lipinski definition) is 4. The van der Waals surface area contributed by atoms with Crippen LogP contribution in [0.4, 0.5) is 0 Å². The maximum atomic E-state index is 14.0. The Morgan fingerprint density at radius 3 is 1.60 bits per heavy atom. The van der Waals surface area contributed by atoms with E-state index in [4.69, 9.17) is 4.74 Å². The molecule has 0 aromatic heterocycles. The monoisotopic (exact) mass is 465 g/mol. The number of ether oxygens (including phenoxy) is 1. The van der Waals surface area contributed by atoms with Gasteiger partial charge in [0, 0.05) is 11.8 Å². The Bertz CT molecular complexity index is 1220. The molecule has 0 N–H and O–H groups in total. The van der Waals surface area contributed by atoms with Gasteiger partial charge < -0.3 is 4.74 Å². The lowest BCUT2D eigenvalue weighted by atomic mass is 9.55. The van der Waals surface area contributed by atoms with Gasteiger partial charge in [-0.1, -0.05) is 92.7 Å². The molecule has 0 radical (unpaired) electrons. The first-order valence-corrected chi connectivity index (χ1v) is 12.2. The molecule has 1 aliphatic heterocycles. The molecule has 0 saturated carbocycles. The van der Waals surface area contributed by atoms with Gasteiger partial charge in [-0.05, 0) is 33.7 Å². The number of esters is 1. The number of benzene rings is 3. The fourth-order valence-electron chi connectivity index (χ4n) is 6.46. The number of imide groups is 1. The van der Waals surface area contributed by atoms with Crippen molar-refractivity contribution in [2.75, 3.05) is 0 Å². The van der Waals surface area contributed by atoms with E-state index in [1.807, 2.05) is 68.4 Å². The fourth-order valence-corrected chi connectivity index (χ4v) is 6.46. The number of carbonyl (C=O) groups is 3. The minimum atomic E-state index is -0.949. The Morgan fingerprint density at radius 1 is 0.743 bits per heavy atom. The van der Waals surface area contributed by atoms with E-state index in [9.17, 15) is 14.4 Å². The summed E-state index contributed by atoms with van der Waals surface area (Å²) in [5.41, 5.74) is 5.34. The number of rotatable bonds is 5. The number of likely N-dealkylation sites (tertiary alicyclic amines) is 1. The predicted octanol–water partition coefficient (Wildman–Crippen LogP) is 4.65. The van der Waals surface area contributed by atoms with E-state index in [1.165, 1.54) is 4.90 Å². The van der Waals surface area contributed by atoms with Crippen LogP contribution < -0.4 is 0 Å². The molecule has 4 aliphatic rings. The average molecular weight is 466 g/mol. The first-order valence-electron chi connectivity index (χ1n) is 12.2. The third-order valence-electron chi connectivity index (χ3n) is 7.86. The molecule has 1 heterocycles. The average Bonchev–Trinajstić information content (AvgIpc) is 3.14. The zero-order chi connectivity index (χ0) is 24.3. The van der Waals surface area contributed by atoms with Crippen LogP contribution in [0.3, 0.4) is 0 Å². The highest BCUT2D eigenvalue weighted by Gasteiger charge is 2.63. The van der Waals surface area contributed by atoms with E-state index in [0.717, 1.165) is 27.8 Å². The van der Waals surface area contributed by atoms with Crippen LogP contribution in [0.1, 0.15) is 53.5 Å². The van der Waals surface area contributed by atoms with Gasteiger partial charge in [0.2, 0.25) is 11.8 Å². The Morgan fingerprint density at radius 2 is 1.17 bits per heavy atom. The molecule has 1 saturated heterocycles. The van der Waals surface area contributed by atoms with Crippen molar-refractivity contribution in [2.24, 2.45) is 17.8 Å². The zero-order valence-corrected chi connectivity index (χ0v) is 19.8. The van der Waals surface area contributed by atoms with Crippen LogP contribution in [0.2, 0.25) is 0 Å². The second-order valence-corrected chi connectivity index (χ2v) is 10.1. The van der Waals surface area contributed by atoms with Crippen molar-refractivity contribution in [1.82, 2.24) is 4.90 Å². The summed E-state index contributed by atoms with van der Waals surface area (Å²) < 4.78 is 5.62. The van der Waals surface area contributed by atoms with Crippen LogP contribution in [-0.4, -0.2) is 28.7 Å². The second kappa shape index (κ2) is 8.19. The highest BCUT2D eigenvalue weighted by molar-refractivity contribution is 6.10. The summed E-state index contributed by atoms with van der Waals surface area (Å²) >= 11 is 0. The Balaban J connectivity index is 1.37. The van der Waals surface area contributed by atoms with Crippen molar-refractivity contribution < 1.29 is 19.1 Å². The summed E-state index contributed by atoms with van der Waals surface area (Å²) in [5.74, 6) is -2.69. The maximum Gasteiger partial charge on any atom is 0.329 e. The lowest BCUT2D eigenvalue weighted by Gasteiger charge is -2.45. The normalized spacial score (nSPS) is 24.7. The van der Waals surface area contributed by atoms with Crippen LogP contribution in [0.5, 0.6) is 0 Å². The lowest BCUT2D eigenvalue weighted by molar-refractivity contribution is -0.161. The smallest absolute Gasteiger partial charge is 0.329 e. The molecule has 3 aromatic carbocycles. The van der Waals surface area contributed by atoms with Crippen molar-refractivity contribution >= 4 is 17.8 Å². The van der Waals surface area contributed by atoms with Crippen LogP contribution in [0, 0.1) is 17.8 Å². The molecule has 2 bridgehead atoms. The summed E-state index contributed by atoms with van der Waals surface area (Å²) in [6, 6.07) is 24.8. The SMILES string of the molecule is CC(C)[C@H](C(=O)OCc1ccccc1)N1C(=O)[C@H]2C3c4ccccc4C(c4ccccc43)[C@@H]2C1=O.